The third kappa shape index (κ3) is 0.876. The number of hydrogen-bond donors (Lipinski definition) is 1. The molecule has 0 spiro atoms. The van der Waals surface area contributed by atoms with Gasteiger partial charge in [-0.3, -0.25) is 0 Å². The van der Waals surface area contributed by atoms with Gasteiger partial charge in [0.05, 0.1) is 0 Å². The first-order valence-electron chi connectivity index (χ1n) is 2.27. The number of nitrogens with zero attached hydrogens (tertiary/aromatic N) is 1. The maximum absolute atomic E-state index is 9.00. The lowest BCUT2D eigenvalue weighted by atomic mass is 10.6. The van der Waals surface area contributed by atoms with E-state index in [4.69, 9.17) is 16.9 Å². The summed E-state index contributed by atoms with van der Waals surface area (Å²) in [6.45, 7) is 0. The first-order chi connectivity index (χ1) is 3.15. The highest BCUT2D eigenvalue weighted by atomic mass is 35.5. The van der Waals surface area contributed by atoms with Gasteiger partial charge in [-0.05, 0) is 24.6 Å². The lowest BCUT2D eigenvalue weighted by molar-refractivity contribution is 0.0531. The van der Waals surface area contributed by atoms with Crippen molar-refractivity contribution in [2.24, 2.45) is 0 Å². The average Bonchev–Trinajstić information content (AvgIpc) is 2.21. The van der Waals surface area contributed by atoms with E-state index in [1.807, 2.05) is 0 Å². The minimum absolute atomic E-state index is 0.651. The van der Waals surface area contributed by atoms with Crippen LogP contribution < -0.4 is 0 Å². The van der Waals surface area contributed by atoms with Crippen molar-refractivity contribution in [3.8, 4) is 0 Å². The molecule has 1 rings (SSSR count). The largest absolute Gasteiger partial charge is 0.374 e. The molecule has 7 heavy (non-hydrogen) atoms. The van der Waals surface area contributed by atoms with E-state index in [0.29, 0.717) is 0 Å². The van der Waals surface area contributed by atoms with Crippen LogP contribution in [-0.4, -0.2) is 22.3 Å². The molecule has 3 heteroatoms. The topological polar surface area (TPSA) is 23.5 Å². The third-order valence-electron chi connectivity index (χ3n) is 1.27. The smallest absolute Gasteiger partial charge is 0.131 e. The molecule has 0 saturated heterocycles. The fraction of sp³-hybridized carbons (Fsp3) is 1.00. The molecule has 1 fully saturated rings. The molecule has 1 saturated carbocycles. The molecular formula is C4H8ClNO. The van der Waals surface area contributed by atoms with Crippen LogP contribution in [0.2, 0.25) is 0 Å². The molecule has 0 heterocycles. The van der Waals surface area contributed by atoms with Crippen LogP contribution in [0.3, 0.4) is 0 Å². The summed E-state index contributed by atoms with van der Waals surface area (Å²) in [5.41, 5.74) is -0.651. The van der Waals surface area contributed by atoms with Gasteiger partial charge in [-0.15, -0.1) is 0 Å². The van der Waals surface area contributed by atoms with Gasteiger partial charge in [0.25, 0.3) is 0 Å². The molecule has 0 aliphatic heterocycles. The summed E-state index contributed by atoms with van der Waals surface area (Å²) >= 11 is 5.40. The molecule has 0 aromatic carbocycles. The Hall–Kier alpha value is 0.210. The Balaban J connectivity index is 2.39. The summed E-state index contributed by atoms with van der Waals surface area (Å²) in [5.74, 6) is 0. The predicted octanol–water partition coefficient (Wildman–Crippen LogP) is 0.554. The van der Waals surface area contributed by atoms with Gasteiger partial charge in [-0.25, -0.2) is 0 Å². The van der Waals surface area contributed by atoms with E-state index in [0.717, 1.165) is 12.8 Å². The van der Waals surface area contributed by atoms with Crippen LogP contribution in [0.4, 0.5) is 0 Å². The first-order valence-corrected chi connectivity index (χ1v) is 2.61. The minimum Gasteiger partial charge on any atom is -0.374 e. The first kappa shape index (κ1) is 5.35. The molecule has 0 amide bonds. The maximum Gasteiger partial charge on any atom is 0.131 e. The highest BCUT2D eigenvalue weighted by Crippen LogP contribution is 2.38. The summed E-state index contributed by atoms with van der Waals surface area (Å²) in [5, 5.41) is 9.00. The molecule has 0 unspecified atom stereocenters. The summed E-state index contributed by atoms with van der Waals surface area (Å²) in [7, 11) is 1.66. The molecule has 0 atom stereocenters. The molecule has 0 aromatic heterocycles. The molecule has 1 N–H and O–H groups in total. The minimum atomic E-state index is -0.651. The van der Waals surface area contributed by atoms with Crippen LogP contribution in [0, 0.1) is 0 Å². The number of hydrogen-bond acceptors (Lipinski definition) is 2. The maximum atomic E-state index is 9.00. The third-order valence-corrected chi connectivity index (χ3v) is 1.59. The SMILES string of the molecule is CN(Cl)C1(O)CC1. The second-order valence-electron chi connectivity index (χ2n) is 1.96. The second-order valence-corrected chi connectivity index (χ2v) is 2.47. The molecule has 0 radical (unpaired) electrons. The fourth-order valence-corrected chi connectivity index (χ4v) is 0.589. The zero-order valence-electron chi connectivity index (χ0n) is 4.19. The zero-order chi connectivity index (χ0) is 5.49. The Labute approximate surface area is 47.8 Å². The van der Waals surface area contributed by atoms with Crippen LogP contribution in [0.15, 0.2) is 0 Å². The van der Waals surface area contributed by atoms with E-state index in [-0.39, 0.29) is 0 Å². The van der Waals surface area contributed by atoms with Gasteiger partial charge in [0.15, 0.2) is 0 Å². The van der Waals surface area contributed by atoms with Gasteiger partial charge in [-0.1, -0.05) is 0 Å². The van der Waals surface area contributed by atoms with E-state index in [9.17, 15) is 0 Å². The molecule has 0 aromatic rings. The number of aliphatic hydroxyl groups is 1. The summed E-state index contributed by atoms with van der Waals surface area (Å²) < 4.78 is 1.33. The van der Waals surface area contributed by atoms with Gasteiger partial charge < -0.3 is 5.11 Å². The van der Waals surface area contributed by atoms with Crippen molar-refractivity contribution in [2.45, 2.75) is 18.6 Å². The summed E-state index contributed by atoms with van der Waals surface area (Å²) in [6, 6.07) is 0. The molecule has 42 valence electrons. The van der Waals surface area contributed by atoms with E-state index < -0.39 is 5.72 Å². The second kappa shape index (κ2) is 1.34. The van der Waals surface area contributed by atoms with Crippen molar-refractivity contribution >= 4 is 11.8 Å². The van der Waals surface area contributed by atoms with Crippen LogP contribution in [0.25, 0.3) is 0 Å². The predicted molar refractivity (Wildman–Crippen MR) is 27.8 cm³/mol. The highest BCUT2D eigenvalue weighted by molar-refractivity contribution is 6.13. The van der Waals surface area contributed by atoms with Gasteiger partial charge >= 0.3 is 0 Å². The quantitative estimate of drug-likeness (QED) is 0.405. The van der Waals surface area contributed by atoms with Crippen molar-refractivity contribution < 1.29 is 5.11 Å². The number of rotatable bonds is 1. The van der Waals surface area contributed by atoms with Crippen LogP contribution in [-0.2, 0) is 0 Å². The Kier molecular flexibility index (Phi) is 1.02. The zero-order valence-corrected chi connectivity index (χ0v) is 4.94. The van der Waals surface area contributed by atoms with E-state index in [1.165, 1.54) is 4.42 Å². The lowest BCUT2D eigenvalue weighted by Crippen LogP contribution is -2.23. The Morgan fingerprint density at radius 1 is 1.71 bits per heavy atom. The molecule has 0 bridgehead atoms. The van der Waals surface area contributed by atoms with Gasteiger partial charge in [0.1, 0.15) is 5.72 Å². The molecule has 1 aliphatic rings. The van der Waals surface area contributed by atoms with E-state index in [1.54, 1.807) is 7.05 Å². The Morgan fingerprint density at radius 3 is 2.14 bits per heavy atom. The van der Waals surface area contributed by atoms with Gasteiger partial charge in [0.2, 0.25) is 0 Å². The standard InChI is InChI=1S/C4H8ClNO/c1-6(5)4(7)2-3-4/h7H,2-3H2,1H3. The monoisotopic (exact) mass is 121 g/mol. The Morgan fingerprint density at radius 2 is 2.14 bits per heavy atom. The van der Waals surface area contributed by atoms with Crippen LogP contribution in [0.5, 0.6) is 0 Å². The fourth-order valence-electron chi connectivity index (χ4n) is 0.420. The van der Waals surface area contributed by atoms with Crippen molar-refractivity contribution in [3.05, 3.63) is 0 Å². The van der Waals surface area contributed by atoms with Gasteiger partial charge in [0, 0.05) is 7.05 Å². The van der Waals surface area contributed by atoms with Crippen LogP contribution >= 0.6 is 11.8 Å². The number of halogens is 1. The van der Waals surface area contributed by atoms with Crippen molar-refractivity contribution in [1.82, 2.24) is 4.42 Å². The molecule has 1 aliphatic carbocycles. The average molecular weight is 122 g/mol. The van der Waals surface area contributed by atoms with Gasteiger partial charge in [-0.2, -0.15) is 4.42 Å². The van der Waals surface area contributed by atoms with Crippen molar-refractivity contribution in [3.63, 3.8) is 0 Å². The highest BCUT2D eigenvalue weighted by Gasteiger charge is 2.43. The lowest BCUT2D eigenvalue weighted by Gasteiger charge is -2.11. The van der Waals surface area contributed by atoms with E-state index in [2.05, 4.69) is 0 Å². The van der Waals surface area contributed by atoms with Crippen molar-refractivity contribution in [1.29, 1.82) is 0 Å². The van der Waals surface area contributed by atoms with Crippen molar-refractivity contribution in [2.75, 3.05) is 7.05 Å². The molecular weight excluding hydrogens is 114 g/mol. The van der Waals surface area contributed by atoms with E-state index >= 15 is 0 Å². The normalized spacial score (nSPS) is 25.7. The Bertz CT molecular complexity index is 79.8. The van der Waals surface area contributed by atoms with Crippen LogP contribution in [0.1, 0.15) is 12.8 Å². The molecule has 2 nitrogen and oxygen atoms in total. The summed E-state index contributed by atoms with van der Waals surface area (Å²) in [6.07, 6.45) is 1.62. The summed E-state index contributed by atoms with van der Waals surface area (Å²) in [4.78, 5) is 0.